The van der Waals surface area contributed by atoms with E-state index in [2.05, 4.69) is 0 Å². The molecule has 132 valence electrons. The van der Waals surface area contributed by atoms with Crippen molar-refractivity contribution in [3.05, 3.63) is 29.3 Å². The number of fused-ring (bicyclic) bond motifs is 1. The van der Waals surface area contributed by atoms with Gasteiger partial charge in [-0.25, -0.2) is 12.7 Å². The van der Waals surface area contributed by atoms with E-state index >= 15 is 0 Å². The first-order valence-corrected chi connectivity index (χ1v) is 9.49. The van der Waals surface area contributed by atoms with Crippen molar-refractivity contribution in [3.8, 4) is 0 Å². The van der Waals surface area contributed by atoms with Crippen LogP contribution in [0.15, 0.2) is 23.1 Å². The molecule has 0 bridgehead atoms. The first kappa shape index (κ1) is 16.1. The predicted molar refractivity (Wildman–Crippen MR) is 84.5 cm³/mol. The first-order valence-electron chi connectivity index (χ1n) is 8.05. The number of carboxylic acids is 1. The molecule has 2 fully saturated rings. The van der Waals surface area contributed by atoms with Crippen molar-refractivity contribution in [2.24, 2.45) is 5.92 Å². The molecule has 25 heavy (non-hydrogen) atoms. The van der Waals surface area contributed by atoms with E-state index in [4.69, 9.17) is 5.11 Å². The molecule has 0 unspecified atom stereocenters. The normalized spacial score (nSPS) is 24.5. The lowest BCUT2D eigenvalue weighted by Crippen LogP contribution is -2.32. The molecule has 1 aromatic carbocycles. The van der Waals surface area contributed by atoms with Crippen LogP contribution in [0.1, 0.15) is 40.0 Å². The molecule has 2 heterocycles. The average Bonchev–Trinajstić information content (AvgIpc) is 3.21. The van der Waals surface area contributed by atoms with Crippen molar-refractivity contribution in [3.63, 3.8) is 0 Å². The van der Waals surface area contributed by atoms with E-state index in [1.54, 1.807) is 0 Å². The topological polar surface area (TPSA) is 112 Å². The van der Waals surface area contributed by atoms with Crippen LogP contribution in [0.3, 0.4) is 0 Å². The molecular weight excluding hydrogens is 348 g/mol. The summed E-state index contributed by atoms with van der Waals surface area (Å²) in [6.07, 6.45) is 1.70. The second-order valence-electron chi connectivity index (χ2n) is 6.62. The van der Waals surface area contributed by atoms with Crippen LogP contribution in [0.25, 0.3) is 0 Å². The summed E-state index contributed by atoms with van der Waals surface area (Å²) in [5, 5.41) is 9.03. The molecule has 1 aromatic rings. The Balaban J connectivity index is 1.65. The van der Waals surface area contributed by atoms with Gasteiger partial charge in [0, 0.05) is 24.7 Å². The van der Waals surface area contributed by atoms with E-state index in [1.807, 2.05) is 0 Å². The zero-order valence-corrected chi connectivity index (χ0v) is 14.0. The fourth-order valence-corrected chi connectivity index (χ4v) is 5.22. The zero-order valence-electron chi connectivity index (χ0n) is 13.2. The van der Waals surface area contributed by atoms with Gasteiger partial charge in [0.25, 0.3) is 21.8 Å². The summed E-state index contributed by atoms with van der Waals surface area (Å²) in [5.41, 5.74) is 0.243. The standard InChI is InChI=1S/C16H16N2O6S/c19-14(17-6-5-10(8-17)16(21)22)9-1-4-12-13(7-9)25(23,24)18(15(12)20)11-2-3-11/h1,4,7,10-11H,2-3,5-6,8H2,(H,21,22)/t10-/m1/s1. The summed E-state index contributed by atoms with van der Waals surface area (Å²) in [6.45, 7) is 0.415. The lowest BCUT2D eigenvalue weighted by Gasteiger charge is -2.16. The van der Waals surface area contributed by atoms with Crippen molar-refractivity contribution in [1.82, 2.24) is 9.21 Å². The Labute approximate surface area is 144 Å². The summed E-state index contributed by atoms with van der Waals surface area (Å²) in [4.78, 5) is 37.2. The molecule has 0 radical (unpaired) electrons. The second-order valence-corrected chi connectivity index (χ2v) is 8.41. The highest BCUT2D eigenvalue weighted by molar-refractivity contribution is 7.90. The first-order chi connectivity index (χ1) is 11.8. The van der Waals surface area contributed by atoms with Crippen LogP contribution in [-0.2, 0) is 14.8 Å². The van der Waals surface area contributed by atoms with Gasteiger partial charge >= 0.3 is 5.97 Å². The maximum atomic E-state index is 12.6. The summed E-state index contributed by atoms with van der Waals surface area (Å²) in [7, 11) is -3.92. The highest BCUT2D eigenvalue weighted by Gasteiger charge is 2.49. The number of carbonyl (C=O) groups is 3. The number of hydrogen-bond donors (Lipinski definition) is 1. The van der Waals surface area contributed by atoms with Crippen molar-refractivity contribution in [2.75, 3.05) is 13.1 Å². The van der Waals surface area contributed by atoms with Gasteiger partial charge in [0.2, 0.25) is 0 Å². The molecule has 9 heteroatoms. The summed E-state index contributed by atoms with van der Waals surface area (Å²) in [6, 6.07) is 3.76. The molecule has 0 aromatic heterocycles. The molecule has 1 N–H and O–H groups in total. The fourth-order valence-electron chi connectivity index (χ4n) is 3.38. The van der Waals surface area contributed by atoms with Crippen molar-refractivity contribution >= 4 is 27.8 Å². The van der Waals surface area contributed by atoms with Gasteiger partial charge in [-0.05, 0) is 37.5 Å². The minimum atomic E-state index is -3.92. The molecule has 0 spiro atoms. The third-order valence-electron chi connectivity index (χ3n) is 4.90. The number of carbonyl (C=O) groups excluding carboxylic acids is 2. The van der Waals surface area contributed by atoms with Gasteiger partial charge in [-0.15, -0.1) is 0 Å². The number of carboxylic acid groups (broad SMARTS) is 1. The van der Waals surface area contributed by atoms with Gasteiger partial charge in [-0.3, -0.25) is 14.4 Å². The predicted octanol–water partition coefficient (Wildman–Crippen LogP) is 0.540. The number of hydrogen-bond acceptors (Lipinski definition) is 5. The van der Waals surface area contributed by atoms with E-state index in [-0.39, 0.29) is 28.6 Å². The lowest BCUT2D eigenvalue weighted by molar-refractivity contribution is -0.141. The molecular formula is C16H16N2O6S. The number of aliphatic carboxylic acids is 1. The van der Waals surface area contributed by atoms with Crippen molar-refractivity contribution in [1.29, 1.82) is 0 Å². The van der Waals surface area contributed by atoms with Gasteiger partial charge in [-0.1, -0.05) is 0 Å². The third-order valence-corrected chi connectivity index (χ3v) is 6.77. The molecule has 3 aliphatic rings. The molecule has 2 aliphatic heterocycles. The zero-order chi connectivity index (χ0) is 17.9. The Morgan fingerprint density at radius 3 is 2.48 bits per heavy atom. The molecule has 2 amide bonds. The van der Waals surface area contributed by atoms with Crippen LogP contribution in [-0.4, -0.2) is 59.6 Å². The summed E-state index contributed by atoms with van der Waals surface area (Å²) in [5.74, 6) is -2.51. The quantitative estimate of drug-likeness (QED) is 0.838. The van der Waals surface area contributed by atoms with Crippen LogP contribution < -0.4 is 0 Å². The van der Waals surface area contributed by atoms with E-state index in [0.717, 1.165) is 4.31 Å². The number of benzene rings is 1. The van der Waals surface area contributed by atoms with E-state index < -0.39 is 33.7 Å². The Bertz CT molecular complexity index is 905. The molecule has 8 nitrogen and oxygen atoms in total. The second kappa shape index (κ2) is 5.29. The average molecular weight is 364 g/mol. The Kier molecular flexibility index (Phi) is 3.40. The highest BCUT2D eigenvalue weighted by atomic mass is 32.2. The number of nitrogens with zero attached hydrogens (tertiary/aromatic N) is 2. The highest BCUT2D eigenvalue weighted by Crippen LogP contribution is 2.39. The van der Waals surface area contributed by atoms with Crippen LogP contribution >= 0.6 is 0 Å². The Morgan fingerprint density at radius 2 is 1.88 bits per heavy atom. The van der Waals surface area contributed by atoms with E-state index in [1.165, 1.54) is 23.1 Å². The minimum absolute atomic E-state index is 0.0910. The summed E-state index contributed by atoms with van der Waals surface area (Å²) >= 11 is 0. The molecule has 1 saturated carbocycles. The Hall–Kier alpha value is -2.42. The number of likely N-dealkylation sites (tertiary alicyclic amines) is 1. The van der Waals surface area contributed by atoms with Gasteiger partial charge in [0.15, 0.2) is 0 Å². The molecule has 4 rings (SSSR count). The van der Waals surface area contributed by atoms with Crippen LogP contribution in [0, 0.1) is 5.92 Å². The Morgan fingerprint density at radius 1 is 1.16 bits per heavy atom. The van der Waals surface area contributed by atoms with Gasteiger partial charge in [-0.2, -0.15) is 0 Å². The van der Waals surface area contributed by atoms with Crippen LogP contribution in [0.4, 0.5) is 0 Å². The van der Waals surface area contributed by atoms with E-state index in [0.29, 0.717) is 25.8 Å². The lowest BCUT2D eigenvalue weighted by atomic mass is 10.1. The van der Waals surface area contributed by atoms with Crippen molar-refractivity contribution < 1.29 is 27.9 Å². The van der Waals surface area contributed by atoms with E-state index in [9.17, 15) is 22.8 Å². The van der Waals surface area contributed by atoms with Gasteiger partial charge in [0.1, 0.15) is 4.90 Å². The minimum Gasteiger partial charge on any atom is -0.481 e. The largest absolute Gasteiger partial charge is 0.481 e. The third kappa shape index (κ3) is 2.41. The number of sulfonamides is 1. The van der Waals surface area contributed by atoms with Gasteiger partial charge < -0.3 is 10.0 Å². The molecule has 1 atom stereocenters. The van der Waals surface area contributed by atoms with Crippen LogP contribution in [0.2, 0.25) is 0 Å². The maximum Gasteiger partial charge on any atom is 0.308 e. The van der Waals surface area contributed by atoms with Crippen molar-refractivity contribution in [2.45, 2.75) is 30.2 Å². The molecule has 1 aliphatic carbocycles. The summed E-state index contributed by atoms with van der Waals surface area (Å²) < 4.78 is 26.2. The number of rotatable bonds is 3. The fraction of sp³-hybridized carbons (Fsp3) is 0.438. The maximum absolute atomic E-state index is 12.6. The smallest absolute Gasteiger partial charge is 0.308 e. The SMILES string of the molecule is O=C(O)[C@@H]1CCN(C(=O)c2ccc3c(c2)S(=O)(=O)N(C2CC2)C3=O)C1. The monoisotopic (exact) mass is 364 g/mol. The molecule has 1 saturated heterocycles. The van der Waals surface area contributed by atoms with Gasteiger partial charge in [0.05, 0.1) is 11.5 Å². The van der Waals surface area contributed by atoms with Crippen LogP contribution in [0.5, 0.6) is 0 Å². The number of amides is 2.